The minimum absolute atomic E-state index is 0. The first kappa shape index (κ1) is 15.5. The lowest BCUT2D eigenvalue weighted by Crippen LogP contribution is -1.82. The van der Waals surface area contributed by atoms with Gasteiger partial charge in [0.25, 0.3) is 0 Å². The van der Waals surface area contributed by atoms with E-state index in [1.165, 1.54) is 0 Å². The molecule has 2 nitrogen and oxygen atoms in total. The number of nitrogens with zero attached hydrogens (tertiary/aromatic N) is 1. The Hall–Kier alpha value is -1.51. The monoisotopic (exact) mass is 268 g/mol. The Labute approximate surface area is 113 Å². The van der Waals surface area contributed by atoms with E-state index in [2.05, 4.69) is 4.98 Å². The van der Waals surface area contributed by atoms with Gasteiger partial charge < -0.3 is 5.73 Å². The van der Waals surface area contributed by atoms with Crippen molar-refractivity contribution in [2.75, 3.05) is 5.73 Å². The van der Waals surface area contributed by atoms with E-state index in [9.17, 15) is 0 Å². The molecule has 0 saturated heterocycles. The fourth-order valence-electron chi connectivity index (χ4n) is 1.26. The van der Waals surface area contributed by atoms with E-state index < -0.39 is 0 Å². The maximum atomic E-state index is 5.60. The van der Waals surface area contributed by atoms with E-state index in [0.29, 0.717) is 0 Å². The highest BCUT2D eigenvalue weighted by Crippen LogP contribution is 2.08. The number of rotatable bonds is 2. The molecule has 0 spiro atoms. The number of anilines is 1. The lowest BCUT2D eigenvalue weighted by atomic mass is 10.2. The highest BCUT2D eigenvalue weighted by Gasteiger charge is 1.88. The van der Waals surface area contributed by atoms with Gasteiger partial charge in [-0.1, -0.05) is 24.3 Å². The number of nitrogen functional groups attached to an aromatic ring is 1. The Kier molecular flexibility index (Phi) is 7.03. The molecule has 0 bridgehead atoms. The minimum atomic E-state index is 0. The summed E-state index contributed by atoms with van der Waals surface area (Å²) in [6.07, 6.45) is 5.77. The fraction of sp³-hybridized carbons (Fsp3) is 0. The summed E-state index contributed by atoms with van der Waals surface area (Å²) in [6.45, 7) is 0. The molecule has 0 fully saturated rings. The maximum Gasteiger partial charge on any atom is 0.0629 e. The van der Waals surface area contributed by atoms with Gasteiger partial charge in [0.1, 0.15) is 0 Å². The summed E-state index contributed by atoms with van der Waals surface area (Å²) in [5.74, 6) is 0. The third kappa shape index (κ3) is 4.89. The molecule has 1 aromatic heterocycles. The topological polar surface area (TPSA) is 38.9 Å². The average molecular weight is 269 g/mol. The van der Waals surface area contributed by atoms with Crippen LogP contribution >= 0.6 is 24.8 Å². The Morgan fingerprint density at radius 3 is 2.18 bits per heavy atom. The summed E-state index contributed by atoms with van der Waals surface area (Å²) in [7, 11) is 0. The van der Waals surface area contributed by atoms with E-state index in [1.54, 1.807) is 6.20 Å². The van der Waals surface area contributed by atoms with Crippen LogP contribution in [0.2, 0.25) is 0 Å². The van der Waals surface area contributed by atoms with Gasteiger partial charge in [-0.25, -0.2) is 0 Å². The van der Waals surface area contributed by atoms with Crippen molar-refractivity contribution in [3.8, 4) is 0 Å². The molecule has 0 aliphatic rings. The summed E-state index contributed by atoms with van der Waals surface area (Å²) >= 11 is 0. The first-order chi connectivity index (χ1) is 7.34. The van der Waals surface area contributed by atoms with Crippen LogP contribution in [0, 0.1) is 0 Å². The van der Waals surface area contributed by atoms with Crippen LogP contribution in [0.4, 0.5) is 5.69 Å². The van der Waals surface area contributed by atoms with E-state index in [-0.39, 0.29) is 24.8 Å². The second-order valence-corrected chi connectivity index (χ2v) is 3.25. The van der Waals surface area contributed by atoms with Gasteiger partial charge in [-0.05, 0) is 35.9 Å². The largest absolute Gasteiger partial charge is 0.399 e. The number of hydrogen-bond donors (Lipinski definition) is 1. The van der Waals surface area contributed by atoms with Gasteiger partial charge in [0.2, 0.25) is 0 Å². The lowest BCUT2D eigenvalue weighted by molar-refractivity contribution is 1.30. The second-order valence-electron chi connectivity index (χ2n) is 3.25. The smallest absolute Gasteiger partial charge is 0.0629 e. The zero-order valence-electron chi connectivity index (χ0n) is 9.11. The molecule has 2 N–H and O–H groups in total. The number of pyridine rings is 1. The molecule has 0 saturated carbocycles. The zero-order chi connectivity index (χ0) is 10.5. The van der Waals surface area contributed by atoms with E-state index in [1.807, 2.05) is 54.6 Å². The molecule has 4 heteroatoms. The van der Waals surface area contributed by atoms with E-state index in [0.717, 1.165) is 16.9 Å². The normalized spacial score (nSPS) is 9.41. The predicted molar refractivity (Wildman–Crippen MR) is 78.5 cm³/mol. The Morgan fingerprint density at radius 2 is 1.59 bits per heavy atom. The highest BCUT2D eigenvalue weighted by molar-refractivity contribution is 5.85. The number of halogens is 2. The van der Waals surface area contributed by atoms with Gasteiger partial charge in [-0.2, -0.15) is 0 Å². The first-order valence-electron chi connectivity index (χ1n) is 4.79. The molecule has 1 aromatic carbocycles. The average Bonchev–Trinajstić information content (AvgIpc) is 2.30. The molecule has 0 aliphatic carbocycles. The first-order valence-corrected chi connectivity index (χ1v) is 4.79. The summed E-state index contributed by atoms with van der Waals surface area (Å²) in [5, 5.41) is 0. The number of aromatic nitrogens is 1. The van der Waals surface area contributed by atoms with Crippen LogP contribution in [0.5, 0.6) is 0 Å². The molecule has 1 heterocycles. The van der Waals surface area contributed by atoms with Gasteiger partial charge in [0.15, 0.2) is 0 Å². The molecule has 90 valence electrons. The van der Waals surface area contributed by atoms with E-state index >= 15 is 0 Å². The van der Waals surface area contributed by atoms with Gasteiger partial charge in [0.05, 0.1) is 5.69 Å². The van der Waals surface area contributed by atoms with Crippen molar-refractivity contribution >= 4 is 42.7 Å². The molecule has 0 atom stereocenters. The standard InChI is InChI=1S/C13H12N2.2ClH/c14-12-7-4-11(5-8-12)6-9-13-3-1-2-10-15-13;;/h1-10H,14H2;2*1H. The SMILES string of the molecule is Cl.Cl.Nc1ccc(C=Cc2ccccn2)cc1. The third-order valence-electron chi connectivity index (χ3n) is 2.07. The molecule has 2 aromatic rings. The van der Waals surface area contributed by atoms with Crippen molar-refractivity contribution in [1.82, 2.24) is 4.98 Å². The second kappa shape index (κ2) is 7.71. The Morgan fingerprint density at radius 1 is 0.882 bits per heavy atom. The fourth-order valence-corrected chi connectivity index (χ4v) is 1.26. The van der Waals surface area contributed by atoms with Crippen LogP contribution < -0.4 is 5.73 Å². The molecule has 17 heavy (non-hydrogen) atoms. The number of benzene rings is 1. The molecular formula is C13H14Cl2N2. The highest BCUT2D eigenvalue weighted by atomic mass is 35.5. The Bertz CT molecular complexity index is 453. The predicted octanol–water partition coefficient (Wildman–Crippen LogP) is 3.68. The van der Waals surface area contributed by atoms with Crippen LogP contribution in [0.15, 0.2) is 48.7 Å². The van der Waals surface area contributed by atoms with Crippen LogP contribution in [-0.2, 0) is 0 Å². The Balaban J connectivity index is 0.00000128. The van der Waals surface area contributed by atoms with Crippen LogP contribution in [0.3, 0.4) is 0 Å². The molecule has 2 rings (SSSR count). The van der Waals surface area contributed by atoms with Gasteiger partial charge in [-0.3, -0.25) is 4.98 Å². The van der Waals surface area contributed by atoms with Crippen LogP contribution in [0.25, 0.3) is 12.2 Å². The molecule has 0 radical (unpaired) electrons. The molecular weight excluding hydrogens is 255 g/mol. The number of hydrogen-bond acceptors (Lipinski definition) is 2. The summed E-state index contributed by atoms with van der Waals surface area (Å²) < 4.78 is 0. The van der Waals surface area contributed by atoms with Gasteiger partial charge >= 0.3 is 0 Å². The molecule has 0 unspecified atom stereocenters. The zero-order valence-corrected chi connectivity index (χ0v) is 10.7. The van der Waals surface area contributed by atoms with Crippen LogP contribution in [0.1, 0.15) is 11.3 Å². The van der Waals surface area contributed by atoms with Crippen LogP contribution in [-0.4, -0.2) is 4.98 Å². The van der Waals surface area contributed by atoms with Gasteiger partial charge in [0, 0.05) is 11.9 Å². The summed E-state index contributed by atoms with van der Waals surface area (Å²) in [6, 6.07) is 13.6. The van der Waals surface area contributed by atoms with Gasteiger partial charge in [-0.15, -0.1) is 24.8 Å². The summed E-state index contributed by atoms with van der Waals surface area (Å²) in [4.78, 5) is 4.20. The quantitative estimate of drug-likeness (QED) is 0.845. The lowest BCUT2D eigenvalue weighted by Gasteiger charge is -1.94. The maximum absolute atomic E-state index is 5.60. The molecule has 0 aliphatic heterocycles. The summed E-state index contributed by atoms with van der Waals surface area (Å²) in [5.41, 5.74) is 8.45. The van der Waals surface area contributed by atoms with E-state index in [4.69, 9.17) is 5.73 Å². The molecule has 0 amide bonds. The number of nitrogens with two attached hydrogens (primary N) is 1. The minimum Gasteiger partial charge on any atom is -0.399 e. The van der Waals surface area contributed by atoms with Crippen molar-refractivity contribution in [2.24, 2.45) is 0 Å². The van der Waals surface area contributed by atoms with Crippen molar-refractivity contribution < 1.29 is 0 Å². The third-order valence-corrected chi connectivity index (χ3v) is 2.07. The van der Waals surface area contributed by atoms with Crippen molar-refractivity contribution in [1.29, 1.82) is 0 Å². The van der Waals surface area contributed by atoms with Crippen molar-refractivity contribution in [3.05, 3.63) is 59.9 Å². The van der Waals surface area contributed by atoms with Crippen molar-refractivity contribution in [2.45, 2.75) is 0 Å². The van der Waals surface area contributed by atoms with Crippen molar-refractivity contribution in [3.63, 3.8) is 0 Å².